The fourth-order valence-electron chi connectivity index (χ4n) is 2.66. The lowest BCUT2D eigenvalue weighted by molar-refractivity contribution is 0.229. The molecule has 120 valence electrons. The van der Waals surface area contributed by atoms with Crippen LogP contribution in [0.1, 0.15) is 30.7 Å². The second-order valence-electron chi connectivity index (χ2n) is 5.85. The van der Waals surface area contributed by atoms with Crippen molar-refractivity contribution in [1.82, 2.24) is 19.9 Å². The van der Waals surface area contributed by atoms with Crippen LogP contribution in [0.2, 0.25) is 0 Å². The van der Waals surface area contributed by atoms with Crippen LogP contribution in [0.15, 0.2) is 47.2 Å². The fourth-order valence-corrected chi connectivity index (χ4v) is 2.66. The Morgan fingerprint density at radius 1 is 1.22 bits per heavy atom. The standard InChI is InChI=1S/C16H17N5O.ClH/c17-16(7-4-8-16)15-19-14(22-20-15)13-9-18-21(11-13)10-12-5-2-1-3-6-12;/h1-3,5-6,9,11H,4,7-8,10,17H2;1H. The summed E-state index contributed by atoms with van der Waals surface area (Å²) in [5.41, 5.74) is 7.83. The SMILES string of the molecule is Cl.NC1(c2noc(-c3cnn(Cc4ccccc4)c3)n2)CCC1. The van der Waals surface area contributed by atoms with Crippen LogP contribution in [0.5, 0.6) is 0 Å². The predicted octanol–water partition coefficient (Wildman–Crippen LogP) is 2.74. The van der Waals surface area contributed by atoms with E-state index in [2.05, 4.69) is 27.4 Å². The zero-order valence-corrected chi connectivity index (χ0v) is 13.4. The number of nitrogens with zero attached hydrogens (tertiary/aromatic N) is 4. The first-order valence-electron chi connectivity index (χ1n) is 7.43. The highest BCUT2D eigenvalue weighted by atomic mass is 35.5. The summed E-state index contributed by atoms with van der Waals surface area (Å²) in [6.45, 7) is 0.711. The summed E-state index contributed by atoms with van der Waals surface area (Å²) in [5, 5.41) is 8.38. The molecule has 2 N–H and O–H groups in total. The number of benzene rings is 1. The maximum Gasteiger partial charge on any atom is 0.261 e. The molecule has 0 spiro atoms. The Balaban J connectivity index is 0.00000156. The number of halogens is 1. The Morgan fingerprint density at radius 3 is 2.70 bits per heavy atom. The van der Waals surface area contributed by atoms with Crippen LogP contribution in [0, 0.1) is 0 Å². The Morgan fingerprint density at radius 2 is 2.00 bits per heavy atom. The van der Waals surface area contributed by atoms with Gasteiger partial charge in [-0.15, -0.1) is 12.4 Å². The van der Waals surface area contributed by atoms with Crippen molar-refractivity contribution in [3.05, 3.63) is 54.1 Å². The summed E-state index contributed by atoms with van der Waals surface area (Å²) in [7, 11) is 0. The first-order chi connectivity index (χ1) is 10.7. The summed E-state index contributed by atoms with van der Waals surface area (Å²) in [6, 6.07) is 10.2. The lowest BCUT2D eigenvalue weighted by Gasteiger charge is -2.34. The van der Waals surface area contributed by atoms with Gasteiger partial charge in [-0.05, 0) is 24.8 Å². The smallest absolute Gasteiger partial charge is 0.261 e. The van der Waals surface area contributed by atoms with E-state index in [0.29, 0.717) is 18.3 Å². The molecule has 1 aromatic carbocycles. The number of hydrogen-bond acceptors (Lipinski definition) is 5. The van der Waals surface area contributed by atoms with Gasteiger partial charge in [-0.1, -0.05) is 35.5 Å². The first-order valence-corrected chi connectivity index (χ1v) is 7.43. The summed E-state index contributed by atoms with van der Waals surface area (Å²) in [4.78, 5) is 4.44. The van der Waals surface area contributed by atoms with Gasteiger partial charge in [0.25, 0.3) is 5.89 Å². The van der Waals surface area contributed by atoms with Crippen molar-refractivity contribution in [2.24, 2.45) is 5.73 Å². The molecule has 23 heavy (non-hydrogen) atoms. The Kier molecular flexibility index (Phi) is 4.19. The molecule has 4 rings (SSSR count). The Hall–Kier alpha value is -2.18. The van der Waals surface area contributed by atoms with Crippen LogP contribution in [0.25, 0.3) is 11.5 Å². The Labute approximate surface area is 140 Å². The van der Waals surface area contributed by atoms with E-state index in [1.807, 2.05) is 29.1 Å². The number of aromatic nitrogens is 4. The van der Waals surface area contributed by atoms with Gasteiger partial charge in [-0.3, -0.25) is 4.68 Å². The van der Waals surface area contributed by atoms with Crippen LogP contribution in [0.4, 0.5) is 0 Å². The third-order valence-electron chi connectivity index (χ3n) is 4.18. The largest absolute Gasteiger partial charge is 0.334 e. The van der Waals surface area contributed by atoms with E-state index in [4.69, 9.17) is 10.3 Å². The maximum absolute atomic E-state index is 6.22. The van der Waals surface area contributed by atoms with Crippen LogP contribution in [-0.4, -0.2) is 19.9 Å². The summed E-state index contributed by atoms with van der Waals surface area (Å²) < 4.78 is 7.20. The van der Waals surface area contributed by atoms with Gasteiger partial charge in [0.15, 0.2) is 5.82 Å². The molecule has 0 unspecified atom stereocenters. The van der Waals surface area contributed by atoms with Crippen molar-refractivity contribution in [3.63, 3.8) is 0 Å². The molecule has 2 aromatic heterocycles. The van der Waals surface area contributed by atoms with E-state index in [9.17, 15) is 0 Å². The molecule has 7 heteroatoms. The molecule has 3 aromatic rings. The van der Waals surface area contributed by atoms with E-state index in [0.717, 1.165) is 24.8 Å². The highest BCUT2D eigenvalue weighted by Crippen LogP contribution is 2.37. The Bertz CT molecular complexity index is 779. The normalized spacial score (nSPS) is 15.7. The van der Waals surface area contributed by atoms with Crippen molar-refractivity contribution < 1.29 is 4.52 Å². The maximum atomic E-state index is 6.22. The summed E-state index contributed by atoms with van der Waals surface area (Å²) in [5.74, 6) is 1.08. The molecule has 0 saturated heterocycles. The number of rotatable bonds is 4. The van der Waals surface area contributed by atoms with Crippen LogP contribution >= 0.6 is 12.4 Å². The van der Waals surface area contributed by atoms with Gasteiger partial charge >= 0.3 is 0 Å². The highest BCUT2D eigenvalue weighted by molar-refractivity contribution is 5.85. The van der Waals surface area contributed by atoms with Crippen molar-refractivity contribution in [2.45, 2.75) is 31.3 Å². The van der Waals surface area contributed by atoms with Crippen LogP contribution in [0.3, 0.4) is 0 Å². The lowest BCUT2D eigenvalue weighted by Crippen LogP contribution is -2.44. The van der Waals surface area contributed by atoms with Gasteiger partial charge in [-0.25, -0.2) is 0 Å². The average molecular weight is 332 g/mol. The van der Waals surface area contributed by atoms with Crippen LogP contribution in [-0.2, 0) is 12.1 Å². The molecule has 0 amide bonds. The minimum absolute atomic E-state index is 0. The lowest BCUT2D eigenvalue weighted by atomic mass is 9.77. The molecular formula is C16H18ClN5O. The van der Waals surface area contributed by atoms with E-state index in [1.54, 1.807) is 6.20 Å². The van der Waals surface area contributed by atoms with Crippen molar-refractivity contribution in [2.75, 3.05) is 0 Å². The first kappa shape index (κ1) is 15.7. The molecule has 0 atom stereocenters. The monoisotopic (exact) mass is 331 g/mol. The molecule has 1 aliphatic rings. The van der Waals surface area contributed by atoms with Crippen molar-refractivity contribution in [1.29, 1.82) is 0 Å². The molecule has 0 radical (unpaired) electrons. The minimum atomic E-state index is -0.401. The molecule has 1 fully saturated rings. The van der Waals surface area contributed by atoms with Crippen molar-refractivity contribution in [3.8, 4) is 11.5 Å². The number of nitrogens with two attached hydrogens (primary N) is 1. The molecule has 1 saturated carbocycles. The second-order valence-corrected chi connectivity index (χ2v) is 5.85. The van der Waals surface area contributed by atoms with Gasteiger partial charge in [-0.2, -0.15) is 10.1 Å². The van der Waals surface area contributed by atoms with E-state index in [-0.39, 0.29) is 12.4 Å². The zero-order valence-electron chi connectivity index (χ0n) is 12.6. The second kappa shape index (κ2) is 6.14. The third-order valence-corrected chi connectivity index (χ3v) is 4.18. The van der Waals surface area contributed by atoms with E-state index >= 15 is 0 Å². The van der Waals surface area contributed by atoms with Gasteiger partial charge in [0.2, 0.25) is 0 Å². The zero-order chi connectivity index (χ0) is 15.0. The molecule has 0 bridgehead atoms. The third kappa shape index (κ3) is 3.00. The fraction of sp³-hybridized carbons (Fsp3) is 0.312. The van der Waals surface area contributed by atoms with Gasteiger partial charge < -0.3 is 10.3 Å². The molecule has 1 aliphatic carbocycles. The van der Waals surface area contributed by atoms with Gasteiger partial charge in [0, 0.05) is 6.20 Å². The number of hydrogen-bond donors (Lipinski definition) is 1. The van der Waals surface area contributed by atoms with E-state index < -0.39 is 5.54 Å². The predicted molar refractivity (Wildman–Crippen MR) is 88.0 cm³/mol. The molecule has 2 heterocycles. The highest BCUT2D eigenvalue weighted by Gasteiger charge is 2.39. The minimum Gasteiger partial charge on any atom is -0.334 e. The van der Waals surface area contributed by atoms with Crippen LogP contribution < -0.4 is 5.73 Å². The average Bonchev–Trinajstić information content (AvgIpc) is 3.15. The van der Waals surface area contributed by atoms with Gasteiger partial charge in [0.1, 0.15) is 0 Å². The molecular weight excluding hydrogens is 314 g/mol. The summed E-state index contributed by atoms with van der Waals surface area (Å²) >= 11 is 0. The summed E-state index contributed by atoms with van der Waals surface area (Å²) in [6.07, 6.45) is 6.60. The quantitative estimate of drug-likeness (QED) is 0.794. The topological polar surface area (TPSA) is 82.8 Å². The van der Waals surface area contributed by atoms with Gasteiger partial charge in [0.05, 0.1) is 23.8 Å². The van der Waals surface area contributed by atoms with Crippen molar-refractivity contribution >= 4 is 12.4 Å². The molecule has 0 aliphatic heterocycles. The molecule has 6 nitrogen and oxygen atoms in total. The van der Waals surface area contributed by atoms with E-state index in [1.165, 1.54) is 5.56 Å².